The van der Waals surface area contributed by atoms with Crippen molar-refractivity contribution < 1.29 is 4.74 Å². The lowest BCUT2D eigenvalue weighted by atomic mass is 10.2. The van der Waals surface area contributed by atoms with E-state index in [1.165, 1.54) is 0 Å². The molecule has 1 heterocycles. The van der Waals surface area contributed by atoms with E-state index in [-0.39, 0.29) is 0 Å². The van der Waals surface area contributed by atoms with Gasteiger partial charge in [-0.25, -0.2) is 0 Å². The molecule has 0 unspecified atom stereocenters. The van der Waals surface area contributed by atoms with Crippen molar-refractivity contribution in [2.45, 2.75) is 6.61 Å². The molecule has 18 heavy (non-hydrogen) atoms. The molecule has 1 aromatic carbocycles. The summed E-state index contributed by atoms with van der Waals surface area (Å²) < 4.78 is 5.70. The van der Waals surface area contributed by atoms with Crippen LogP contribution < -0.4 is 4.74 Å². The van der Waals surface area contributed by atoms with Crippen LogP contribution in [-0.2, 0) is 6.61 Å². The van der Waals surface area contributed by atoms with Crippen LogP contribution in [0, 0.1) is 0 Å². The fourth-order valence-corrected chi connectivity index (χ4v) is 1.71. The monoisotopic (exact) mass is 303 g/mol. The summed E-state index contributed by atoms with van der Waals surface area (Å²) in [4.78, 5) is 4.16. The summed E-state index contributed by atoms with van der Waals surface area (Å²) in [5, 5.41) is 0.835. The van der Waals surface area contributed by atoms with Crippen molar-refractivity contribution in [3.05, 3.63) is 66.0 Å². The first-order valence-electron chi connectivity index (χ1n) is 5.73. The van der Waals surface area contributed by atoms with Crippen LogP contribution in [0.2, 0.25) is 0 Å². The number of allylic oxidation sites excluding steroid dienone is 1. The zero-order valence-electron chi connectivity index (χ0n) is 9.92. The van der Waals surface area contributed by atoms with E-state index in [1.807, 2.05) is 54.7 Å². The van der Waals surface area contributed by atoms with Gasteiger partial charge in [-0.2, -0.15) is 0 Å². The molecule has 0 aliphatic heterocycles. The Kier molecular flexibility index (Phi) is 4.97. The lowest BCUT2D eigenvalue weighted by Gasteiger charge is -2.06. The summed E-state index contributed by atoms with van der Waals surface area (Å²) in [6.45, 7) is 0.564. The average Bonchev–Trinajstić information content (AvgIpc) is 2.44. The van der Waals surface area contributed by atoms with Crippen LogP contribution in [0.25, 0.3) is 6.08 Å². The van der Waals surface area contributed by atoms with Gasteiger partial charge in [-0.15, -0.1) is 0 Å². The number of ether oxygens (including phenoxy) is 1. The van der Waals surface area contributed by atoms with Gasteiger partial charge in [-0.1, -0.05) is 58.4 Å². The Morgan fingerprint density at radius 3 is 2.78 bits per heavy atom. The van der Waals surface area contributed by atoms with Gasteiger partial charge in [0.05, 0.1) is 6.20 Å². The van der Waals surface area contributed by atoms with Crippen LogP contribution in [0.3, 0.4) is 0 Å². The van der Waals surface area contributed by atoms with E-state index in [0.717, 1.165) is 22.2 Å². The van der Waals surface area contributed by atoms with Gasteiger partial charge in [0.2, 0.25) is 0 Å². The zero-order valence-corrected chi connectivity index (χ0v) is 11.5. The molecule has 0 aliphatic rings. The van der Waals surface area contributed by atoms with E-state index in [4.69, 9.17) is 4.74 Å². The quantitative estimate of drug-likeness (QED) is 0.777. The number of pyridine rings is 1. The molecule has 2 rings (SSSR count). The standard InChI is InChI=1S/C15H14BrNO/c16-8-4-7-14-9-15(11-17-10-14)18-12-13-5-2-1-3-6-13/h1-7,9-11H,8,12H2. The molecule has 1 aromatic heterocycles. The van der Waals surface area contributed by atoms with Crippen LogP contribution >= 0.6 is 15.9 Å². The Morgan fingerprint density at radius 1 is 1.17 bits per heavy atom. The molecule has 3 heteroatoms. The highest BCUT2D eigenvalue weighted by atomic mass is 79.9. The number of hydrogen-bond acceptors (Lipinski definition) is 2. The molecule has 2 nitrogen and oxygen atoms in total. The molecule has 0 atom stereocenters. The maximum Gasteiger partial charge on any atom is 0.138 e. The Bertz CT molecular complexity index is 511. The van der Waals surface area contributed by atoms with Gasteiger partial charge in [-0.3, -0.25) is 4.98 Å². The Morgan fingerprint density at radius 2 is 2.00 bits per heavy atom. The van der Waals surface area contributed by atoms with Crippen molar-refractivity contribution in [2.75, 3.05) is 5.33 Å². The lowest BCUT2D eigenvalue weighted by molar-refractivity contribution is 0.305. The maximum absolute atomic E-state index is 5.70. The molecule has 2 aromatic rings. The van der Waals surface area contributed by atoms with Crippen LogP contribution in [0.1, 0.15) is 11.1 Å². The Labute approximate surface area is 115 Å². The summed E-state index contributed by atoms with van der Waals surface area (Å²) in [6.07, 6.45) is 7.58. The zero-order chi connectivity index (χ0) is 12.6. The summed E-state index contributed by atoms with van der Waals surface area (Å²) in [5.74, 6) is 0.788. The predicted molar refractivity (Wildman–Crippen MR) is 77.8 cm³/mol. The topological polar surface area (TPSA) is 22.1 Å². The maximum atomic E-state index is 5.70. The van der Waals surface area contributed by atoms with Crippen LogP contribution in [0.5, 0.6) is 5.75 Å². The second-order valence-electron chi connectivity index (χ2n) is 3.78. The molecule has 0 bridgehead atoms. The number of alkyl halides is 1. The SMILES string of the molecule is BrCC=Cc1cncc(OCc2ccccc2)c1. The Hall–Kier alpha value is -1.61. The molecule has 0 spiro atoms. The van der Waals surface area contributed by atoms with E-state index in [0.29, 0.717) is 6.61 Å². The van der Waals surface area contributed by atoms with Crippen molar-refractivity contribution in [3.63, 3.8) is 0 Å². The van der Waals surface area contributed by atoms with Crippen molar-refractivity contribution in [1.82, 2.24) is 4.98 Å². The molecule has 0 N–H and O–H groups in total. The van der Waals surface area contributed by atoms with Crippen molar-refractivity contribution in [1.29, 1.82) is 0 Å². The number of benzene rings is 1. The van der Waals surface area contributed by atoms with Gasteiger partial charge in [-0.05, 0) is 17.2 Å². The molecule has 0 saturated carbocycles. The van der Waals surface area contributed by atoms with Crippen LogP contribution in [0.4, 0.5) is 0 Å². The minimum Gasteiger partial charge on any atom is -0.487 e. The van der Waals surface area contributed by atoms with Crippen LogP contribution in [-0.4, -0.2) is 10.3 Å². The highest BCUT2D eigenvalue weighted by molar-refractivity contribution is 9.09. The minimum atomic E-state index is 0.564. The molecule has 0 radical (unpaired) electrons. The summed E-state index contributed by atoms with van der Waals surface area (Å²) in [6, 6.07) is 12.1. The summed E-state index contributed by atoms with van der Waals surface area (Å²) in [5.41, 5.74) is 2.19. The van der Waals surface area contributed by atoms with Gasteiger partial charge in [0.15, 0.2) is 0 Å². The second kappa shape index (κ2) is 6.97. The highest BCUT2D eigenvalue weighted by Crippen LogP contribution is 2.14. The molecule has 0 amide bonds. The largest absolute Gasteiger partial charge is 0.487 e. The number of rotatable bonds is 5. The van der Waals surface area contributed by atoms with Gasteiger partial charge >= 0.3 is 0 Å². The first-order valence-corrected chi connectivity index (χ1v) is 6.85. The van der Waals surface area contributed by atoms with E-state index in [1.54, 1.807) is 6.20 Å². The predicted octanol–water partition coefficient (Wildman–Crippen LogP) is 4.07. The molecule has 92 valence electrons. The molecule has 0 aliphatic carbocycles. The van der Waals surface area contributed by atoms with Crippen LogP contribution in [0.15, 0.2) is 54.9 Å². The van der Waals surface area contributed by atoms with Crippen molar-refractivity contribution in [2.24, 2.45) is 0 Å². The average molecular weight is 304 g/mol. The molecular weight excluding hydrogens is 290 g/mol. The van der Waals surface area contributed by atoms with Gasteiger partial charge < -0.3 is 4.74 Å². The Balaban J connectivity index is 1.99. The van der Waals surface area contributed by atoms with Crippen molar-refractivity contribution >= 4 is 22.0 Å². The normalized spacial score (nSPS) is 10.7. The molecule has 0 saturated heterocycles. The van der Waals surface area contributed by atoms with Gasteiger partial charge in [0.1, 0.15) is 12.4 Å². The third kappa shape index (κ3) is 4.00. The highest BCUT2D eigenvalue weighted by Gasteiger charge is 1.97. The van der Waals surface area contributed by atoms with E-state index in [9.17, 15) is 0 Å². The van der Waals surface area contributed by atoms with Gasteiger partial charge in [0.25, 0.3) is 0 Å². The smallest absolute Gasteiger partial charge is 0.138 e. The number of halogens is 1. The van der Waals surface area contributed by atoms with E-state index < -0.39 is 0 Å². The first-order chi connectivity index (χ1) is 8.88. The number of hydrogen-bond donors (Lipinski definition) is 0. The van der Waals surface area contributed by atoms with E-state index >= 15 is 0 Å². The number of aromatic nitrogens is 1. The first kappa shape index (κ1) is 12.8. The minimum absolute atomic E-state index is 0.564. The second-order valence-corrected chi connectivity index (χ2v) is 4.43. The number of nitrogens with zero attached hydrogens (tertiary/aromatic N) is 1. The third-order valence-electron chi connectivity index (χ3n) is 2.38. The molecular formula is C15H14BrNO. The summed E-state index contributed by atoms with van der Waals surface area (Å²) in [7, 11) is 0. The summed E-state index contributed by atoms with van der Waals surface area (Å²) >= 11 is 3.35. The van der Waals surface area contributed by atoms with Crippen molar-refractivity contribution in [3.8, 4) is 5.75 Å². The fraction of sp³-hybridized carbons (Fsp3) is 0.133. The fourth-order valence-electron chi connectivity index (χ4n) is 1.53. The molecule has 0 fully saturated rings. The van der Waals surface area contributed by atoms with Gasteiger partial charge in [0, 0.05) is 11.5 Å². The lowest BCUT2D eigenvalue weighted by Crippen LogP contribution is -1.95. The van der Waals surface area contributed by atoms with E-state index in [2.05, 4.69) is 20.9 Å². The third-order valence-corrected chi connectivity index (χ3v) is 2.76.